The second-order valence-electron chi connectivity index (χ2n) is 3.30. The monoisotopic (exact) mass is 254 g/mol. The van der Waals surface area contributed by atoms with Crippen molar-refractivity contribution in [3.63, 3.8) is 0 Å². The molecule has 0 unspecified atom stereocenters. The SMILES string of the molecule is Nc1cc(-c2cc(Cl)ccc2Cl)c[nH]c1=O. The van der Waals surface area contributed by atoms with Crippen molar-refractivity contribution in [2.45, 2.75) is 0 Å². The number of benzene rings is 1. The molecular weight excluding hydrogens is 247 g/mol. The average Bonchev–Trinajstić information content (AvgIpc) is 2.26. The van der Waals surface area contributed by atoms with E-state index in [9.17, 15) is 4.79 Å². The predicted molar refractivity (Wildman–Crippen MR) is 66.9 cm³/mol. The van der Waals surface area contributed by atoms with Crippen LogP contribution in [0, 0.1) is 0 Å². The fourth-order valence-corrected chi connectivity index (χ4v) is 1.77. The molecule has 3 nitrogen and oxygen atoms in total. The van der Waals surface area contributed by atoms with Crippen LogP contribution in [0.3, 0.4) is 0 Å². The van der Waals surface area contributed by atoms with Gasteiger partial charge in [0.25, 0.3) is 5.56 Å². The molecule has 2 aromatic rings. The highest BCUT2D eigenvalue weighted by Crippen LogP contribution is 2.30. The van der Waals surface area contributed by atoms with Gasteiger partial charge < -0.3 is 10.7 Å². The van der Waals surface area contributed by atoms with Gasteiger partial charge in [-0.25, -0.2) is 0 Å². The number of rotatable bonds is 1. The Morgan fingerprint density at radius 3 is 2.62 bits per heavy atom. The van der Waals surface area contributed by atoms with Crippen LogP contribution in [0.4, 0.5) is 5.69 Å². The van der Waals surface area contributed by atoms with Crippen LogP contribution >= 0.6 is 23.2 Å². The summed E-state index contributed by atoms with van der Waals surface area (Å²) in [5, 5.41) is 1.13. The molecule has 1 heterocycles. The zero-order valence-corrected chi connectivity index (χ0v) is 9.64. The van der Waals surface area contributed by atoms with Crippen LogP contribution in [0.25, 0.3) is 11.1 Å². The van der Waals surface area contributed by atoms with E-state index in [0.717, 1.165) is 11.1 Å². The van der Waals surface area contributed by atoms with Gasteiger partial charge in [-0.3, -0.25) is 4.79 Å². The van der Waals surface area contributed by atoms with Gasteiger partial charge in [-0.1, -0.05) is 23.2 Å². The number of aromatic nitrogens is 1. The van der Waals surface area contributed by atoms with E-state index in [-0.39, 0.29) is 11.2 Å². The van der Waals surface area contributed by atoms with E-state index in [1.807, 2.05) is 0 Å². The van der Waals surface area contributed by atoms with Gasteiger partial charge in [0.05, 0.1) is 5.69 Å². The van der Waals surface area contributed by atoms with Crippen molar-refractivity contribution in [3.05, 3.63) is 50.9 Å². The lowest BCUT2D eigenvalue weighted by Crippen LogP contribution is -2.10. The van der Waals surface area contributed by atoms with Crippen LogP contribution < -0.4 is 11.3 Å². The summed E-state index contributed by atoms with van der Waals surface area (Å²) in [6, 6.07) is 6.68. The second-order valence-corrected chi connectivity index (χ2v) is 4.14. The highest BCUT2D eigenvalue weighted by atomic mass is 35.5. The smallest absolute Gasteiger partial charge is 0.271 e. The number of nitrogens with two attached hydrogens (primary N) is 1. The number of pyridine rings is 1. The maximum absolute atomic E-state index is 11.1. The maximum Gasteiger partial charge on any atom is 0.271 e. The van der Waals surface area contributed by atoms with E-state index < -0.39 is 0 Å². The summed E-state index contributed by atoms with van der Waals surface area (Å²) in [7, 11) is 0. The molecule has 1 aromatic heterocycles. The first kappa shape index (κ1) is 11.0. The van der Waals surface area contributed by atoms with Crippen molar-refractivity contribution in [1.29, 1.82) is 0 Å². The molecule has 0 atom stereocenters. The topological polar surface area (TPSA) is 58.9 Å². The third-order valence-electron chi connectivity index (χ3n) is 2.17. The summed E-state index contributed by atoms with van der Waals surface area (Å²) in [5.41, 5.74) is 6.82. The zero-order chi connectivity index (χ0) is 11.7. The summed E-state index contributed by atoms with van der Waals surface area (Å²) in [4.78, 5) is 13.6. The molecule has 0 aliphatic heterocycles. The van der Waals surface area contributed by atoms with Crippen molar-refractivity contribution < 1.29 is 0 Å². The van der Waals surface area contributed by atoms with Crippen molar-refractivity contribution in [2.75, 3.05) is 5.73 Å². The van der Waals surface area contributed by atoms with E-state index in [1.165, 1.54) is 0 Å². The summed E-state index contributed by atoms with van der Waals surface area (Å²) in [5.74, 6) is 0. The normalized spacial score (nSPS) is 10.4. The largest absolute Gasteiger partial charge is 0.394 e. The third kappa shape index (κ3) is 2.05. The lowest BCUT2D eigenvalue weighted by molar-refractivity contribution is 1.25. The summed E-state index contributed by atoms with van der Waals surface area (Å²) in [6.45, 7) is 0. The standard InChI is InChI=1S/C11H8Cl2N2O/c12-7-1-2-9(13)8(4-7)6-3-10(14)11(16)15-5-6/h1-5H,14H2,(H,15,16). The van der Waals surface area contributed by atoms with Crippen LogP contribution in [-0.2, 0) is 0 Å². The molecule has 0 fully saturated rings. The van der Waals surface area contributed by atoms with Crippen molar-refractivity contribution in [2.24, 2.45) is 0 Å². The number of anilines is 1. The molecule has 2 rings (SSSR count). The minimum atomic E-state index is -0.318. The molecule has 1 aromatic carbocycles. The molecule has 3 N–H and O–H groups in total. The molecule has 0 radical (unpaired) electrons. The Balaban J connectivity index is 2.62. The molecule has 0 aliphatic rings. The highest BCUT2D eigenvalue weighted by Gasteiger charge is 2.06. The molecule has 82 valence electrons. The minimum absolute atomic E-state index is 0.147. The van der Waals surface area contributed by atoms with Crippen molar-refractivity contribution in [1.82, 2.24) is 4.98 Å². The highest BCUT2D eigenvalue weighted by molar-refractivity contribution is 6.35. The summed E-state index contributed by atoms with van der Waals surface area (Å²) < 4.78 is 0. The van der Waals surface area contributed by atoms with Gasteiger partial charge in [-0.15, -0.1) is 0 Å². The van der Waals surface area contributed by atoms with Gasteiger partial charge in [0.1, 0.15) is 0 Å². The van der Waals surface area contributed by atoms with E-state index in [1.54, 1.807) is 30.5 Å². The van der Waals surface area contributed by atoms with Crippen LogP contribution in [0.2, 0.25) is 10.0 Å². The van der Waals surface area contributed by atoms with Crippen LogP contribution in [0.1, 0.15) is 0 Å². The third-order valence-corrected chi connectivity index (χ3v) is 2.74. The number of H-pyrrole nitrogens is 1. The first-order valence-electron chi connectivity index (χ1n) is 4.51. The fourth-order valence-electron chi connectivity index (χ4n) is 1.38. The molecule has 0 saturated heterocycles. The van der Waals surface area contributed by atoms with Crippen molar-refractivity contribution >= 4 is 28.9 Å². The maximum atomic E-state index is 11.1. The first-order chi connectivity index (χ1) is 7.58. The lowest BCUT2D eigenvalue weighted by Gasteiger charge is -2.05. The molecule has 0 spiro atoms. The van der Waals surface area contributed by atoms with Gasteiger partial charge in [0, 0.05) is 27.4 Å². The van der Waals surface area contributed by atoms with E-state index in [4.69, 9.17) is 28.9 Å². The molecule has 0 aliphatic carbocycles. The number of hydrogen-bond acceptors (Lipinski definition) is 2. The summed E-state index contributed by atoms with van der Waals surface area (Å²) in [6.07, 6.45) is 1.55. The minimum Gasteiger partial charge on any atom is -0.394 e. The van der Waals surface area contributed by atoms with Crippen LogP contribution in [0.15, 0.2) is 35.3 Å². The predicted octanol–water partition coefficient (Wildman–Crippen LogP) is 2.93. The molecule has 16 heavy (non-hydrogen) atoms. The van der Waals surface area contributed by atoms with Gasteiger partial charge in [0.15, 0.2) is 0 Å². The molecule has 0 amide bonds. The Morgan fingerprint density at radius 2 is 1.94 bits per heavy atom. The number of halogens is 2. The summed E-state index contributed by atoms with van der Waals surface area (Å²) >= 11 is 11.9. The molecule has 0 saturated carbocycles. The Morgan fingerprint density at radius 1 is 1.19 bits per heavy atom. The lowest BCUT2D eigenvalue weighted by atomic mass is 10.1. The quantitative estimate of drug-likeness (QED) is 0.822. The van der Waals surface area contributed by atoms with E-state index in [0.29, 0.717) is 10.0 Å². The van der Waals surface area contributed by atoms with Gasteiger partial charge >= 0.3 is 0 Å². The Labute approximate surface area is 102 Å². The first-order valence-corrected chi connectivity index (χ1v) is 5.27. The van der Waals surface area contributed by atoms with Crippen LogP contribution in [0.5, 0.6) is 0 Å². The Hall–Kier alpha value is -1.45. The van der Waals surface area contributed by atoms with Crippen molar-refractivity contribution in [3.8, 4) is 11.1 Å². The van der Waals surface area contributed by atoms with Gasteiger partial charge in [0.2, 0.25) is 0 Å². The van der Waals surface area contributed by atoms with Crippen LogP contribution in [-0.4, -0.2) is 4.98 Å². The number of aromatic amines is 1. The number of nitrogen functional groups attached to an aromatic ring is 1. The fraction of sp³-hybridized carbons (Fsp3) is 0. The zero-order valence-electron chi connectivity index (χ0n) is 8.13. The molecule has 0 bridgehead atoms. The second kappa shape index (κ2) is 4.20. The Kier molecular flexibility index (Phi) is 2.90. The van der Waals surface area contributed by atoms with E-state index >= 15 is 0 Å². The van der Waals surface area contributed by atoms with Gasteiger partial charge in [-0.05, 0) is 24.3 Å². The number of hydrogen-bond donors (Lipinski definition) is 2. The van der Waals surface area contributed by atoms with Gasteiger partial charge in [-0.2, -0.15) is 0 Å². The average molecular weight is 255 g/mol. The Bertz CT molecular complexity index is 593. The number of nitrogens with one attached hydrogen (secondary N) is 1. The molecular formula is C11H8Cl2N2O. The van der Waals surface area contributed by atoms with E-state index in [2.05, 4.69) is 4.98 Å². The molecule has 5 heteroatoms.